The Bertz CT molecular complexity index is 112. The molecule has 1 aliphatic rings. The van der Waals surface area contributed by atoms with Crippen molar-refractivity contribution in [2.24, 2.45) is 0 Å². The van der Waals surface area contributed by atoms with Crippen LogP contribution in [0, 0.1) is 0 Å². The molecule has 0 radical (unpaired) electrons. The fourth-order valence-corrected chi connectivity index (χ4v) is 1.72. The third-order valence-corrected chi connectivity index (χ3v) is 2.56. The minimum atomic E-state index is -1.41. The fraction of sp³-hybridized carbons (Fsp3) is 0.333. The van der Waals surface area contributed by atoms with Gasteiger partial charge in [-0.25, -0.2) is 0 Å². The zero-order chi connectivity index (χ0) is 5.11. The SMILES string of the molecule is O=[P+]1OCC=CS1. The van der Waals surface area contributed by atoms with Gasteiger partial charge in [-0.3, -0.25) is 0 Å². The van der Waals surface area contributed by atoms with Gasteiger partial charge in [-0.05, 0) is 10.6 Å². The summed E-state index contributed by atoms with van der Waals surface area (Å²) in [5.41, 5.74) is 0. The van der Waals surface area contributed by atoms with Crippen LogP contribution in [0.1, 0.15) is 0 Å². The molecule has 1 aliphatic heterocycles. The number of rotatable bonds is 0. The molecule has 0 aromatic heterocycles. The van der Waals surface area contributed by atoms with Gasteiger partial charge in [0, 0.05) is 5.41 Å². The molecule has 0 spiro atoms. The first-order chi connectivity index (χ1) is 3.39. The van der Waals surface area contributed by atoms with Crippen molar-refractivity contribution in [1.82, 2.24) is 0 Å². The zero-order valence-electron chi connectivity index (χ0n) is 3.53. The van der Waals surface area contributed by atoms with Crippen molar-refractivity contribution in [2.45, 2.75) is 0 Å². The van der Waals surface area contributed by atoms with Crippen LogP contribution in [0.15, 0.2) is 11.5 Å². The normalized spacial score (nSPS) is 25.4. The van der Waals surface area contributed by atoms with Crippen LogP contribution in [0.5, 0.6) is 0 Å². The average molecular weight is 135 g/mol. The molecule has 4 heteroatoms. The molecule has 0 fully saturated rings. The number of hydrogen-bond donors (Lipinski definition) is 0. The van der Waals surface area contributed by atoms with Gasteiger partial charge < -0.3 is 0 Å². The van der Waals surface area contributed by atoms with Gasteiger partial charge in [0.1, 0.15) is 6.61 Å². The lowest BCUT2D eigenvalue weighted by Crippen LogP contribution is -1.79. The molecular formula is C3H4O2PS+. The summed E-state index contributed by atoms with van der Waals surface area (Å²) in [6.45, 7) is 0.502. The predicted octanol–water partition coefficient (Wildman–Crippen LogP) is 1.92. The Hall–Kier alpha value is 0.150. The van der Waals surface area contributed by atoms with E-state index in [-0.39, 0.29) is 0 Å². The Labute approximate surface area is 46.6 Å². The highest BCUT2D eigenvalue weighted by Crippen LogP contribution is 2.41. The summed E-state index contributed by atoms with van der Waals surface area (Å²) in [5, 5.41) is 1.79. The summed E-state index contributed by atoms with van der Waals surface area (Å²) in [5.74, 6) is 0. The maximum absolute atomic E-state index is 10.3. The topological polar surface area (TPSA) is 26.3 Å². The van der Waals surface area contributed by atoms with Crippen molar-refractivity contribution in [2.75, 3.05) is 6.61 Å². The van der Waals surface area contributed by atoms with Crippen LogP contribution in [0.3, 0.4) is 0 Å². The molecule has 0 saturated heterocycles. The molecule has 7 heavy (non-hydrogen) atoms. The molecule has 0 aromatic rings. The average Bonchev–Trinajstić information content (AvgIpc) is 1.69. The third kappa shape index (κ3) is 1.59. The Morgan fingerprint density at radius 1 is 1.86 bits per heavy atom. The van der Waals surface area contributed by atoms with Crippen LogP contribution in [-0.4, -0.2) is 6.61 Å². The maximum Gasteiger partial charge on any atom is 0.590 e. The molecule has 0 saturated carbocycles. The van der Waals surface area contributed by atoms with E-state index >= 15 is 0 Å². The second-order valence-corrected chi connectivity index (χ2v) is 3.71. The molecule has 1 unspecified atom stereocenters. The minimum Gasteiger partial charge on any atom is -0.132 e. The second kappa shape index (κ2) is 2.46. The van der Waals surface area contributed by atoms with Gasteiger partial charge in [0.05, 0.1) is 0 Å². The highest BCUT2D eigenvalue weighted by molar-refractivity contribution is 8.51. The molecule has 38 valence electrons. The molecule has 1 rings (SSSR count). The maximum atomic E-state index is 10.3. The van der Waals surface area contributed by atoms with Gasteiger partial charge >= 0.3 is 7.23 Å². The summed E-state index contributed by atoms with van der Waals surface area (Å²) >= 11 is 1.22. The van der Waals surface area contributed by atoms with Crippen molar-refractivity contribution in [3.63, 3.8) is 0 Å². The Morgan fingerprint density at radius 2 is 2.71 bits per heavy atom. The molecule has 0 aliphatic carbocycles. The third-order valence-electron chi connectivity index (χ3n) is 0.519. The van der Waals surface area contributed by atoms with E-state index in [1.807, 2.05) is 6.08 Å². The predicted molar refractivity (Wildman–Crippen MR) is 30.3 cm³/mol. The van der Waals surface area contributed by atoms with Gasteiger partial charge in [-0.1, -0.05) is 0 Å². The summed E-state index contributed by atoms with van der Waals surface area (Å²) < 4.78 is 15.0. The quantitative estimate of drug-likeness (QED) is 0.474. The van der Waals surface area contributed by atoms with E-state index in [4.69, 9.17) is 0 Å². The first-order valence-corrected chi connectivity index (χ1v) is 4.48. The first kappa shape index (κ1) is 5.29. The van der Waals surface area contributed by atoms with Gasteiger partial charge in [0.25, 0.3) is 0 Å². The molecule has 2 nitrogen and oxygen atoms in total. The van der Waals surface area contributed by atoms with E-state index in [1.165, 1.54) is 11.4 Å². The molecular weight excluding hydrogens is 131 g/mol. The van der Waals surface area contributed by atoms with Crippen LogP contribution in [0.25, 0.3) is 0 Å². The van der Waals surface area contributed by atoms with Crippen LogP contribution < -0.4 is 0 Å². The van der Waals surface area contributed by atoms with Crippen LogP contribution in [0.4, 0.5) is 0 Å². The Balaban J connectivity index is 2.47. The summed E-state index contributed by atoms with van der Waals surface area (Å²) in [4.78, 5) is 0. The molecule has 0 aromatic carbocycles. The highest BCUT2D eigenvalue weighted by Gasteiger charge is 2.19. The van der Waals surface area contributed by atoms with Crippen molar-refractivity contribution >= 4 is 18.6 Å². The van der Waals surface area contributed by atoms with Crippen molar-refractivity contribution in [3.8, 4) is 0 Å². The second-order valence-electron chi connectivity index (χ2n) is 0.997. The van der Waals surface area contributed by atoms with Gasteiger partial charge in [-0.2, -0.15) is 0 Å². The van der Waals surface area contributed by atoms with Gasteiger partial charge in [-0.15, -0.1) is 4.52 Å². The Morgan fingerprint density at radius 3 is 3.00 bits per heavy atom. The smallest absolute Gasteiger partial charge is 0.132 e. The zero-order valence-corrected chi connectivity index (χ0v) is 5.24. The minimum absolute atomic E-state index is 0.502. The lowest BCUT2D eigenvalue weighted by Gasteiger charge is -1.84. The summed E-state index contributed by atoms with van der Waals surface area (Å²) in [6, 6.07) is 0. The van der Waals surface area contributed by atoms with Gasteiger partial charge in [0.2, 0.25) is 0 Å². The molecule has 0 bridgehead atoms. The van der Waals surface area contributed by atoms with E-state index in [9.17, 15) is 4.57 Å². The van der Waals surface area contributed by atoms with E-state index in [0.29, 0.717) is 6.61 Å². The van der Waals surface area contributed by atoms with E-state index in [0.717, 1.165) is 0 Å². The van der Waals surface area contributed by atoms with Crippen LogP contribution in [-0.2, 0) is 9.09 Å². The Kier molecular flexibility index (Phi) is 1.86. The lowest BCUT2D eigenvalue weighted by atomic mass is 10.7. The molecule has 0 N–H and O–H groups in total. The fourth-order valence-electron chi connectivity index (χ4n) is 0.266. The monoisotopic (exact) mass is 135 g/mol. The summed E-state index contributed by atoms with van der Waals surface area (Å²) in [6.07, 6.45) is 1.83. The van der Waals surface area contributed by atoms with Crippen molar-refractivity contribution < 1.29 is 9.09 Å². The first-order valence-electron chi connectivity index (χ1n) is 1.81. The molecule has 1 atom stereocenters. The largest absolute Gasteiger partial charge is 0.590 e. The molecule has 1 heterocycles. The summed E-state index contributed by atoms with van der Waals surface area (Å²) in [7, 11) is -1.41. The van der Waals surface area contributed by atoms with Crippen LogP contribution >= 0.6 is 18.6 Å². The van der Waals surface area contributed by atoms with Crippen molar-refractivity contribution in [1.29, 1.82) is 0 Å². The highest BCUT2D eigenvalue weighted by atomic mass is 32.7. The molecule has 0 amide bonds. The lowest BCUT2D eigenvalue weighted by molar-refractivity contribution is 0.382. The standard InChI is InChI=1S/C3H4O2PS/c4-6-5-2-1-3-7-6/h1,3H,2H2/q+1. The van der Waals surface area contributed by atoms with Crippen LogP contribution in [0.2, 0.25) is 0 Å². The number of hydrogen-bond acceptors (Lipinski definition) is 3. The van der Waals surface area contributed by atoms with E-state index < -0.39 is 7.23 Å². The van der Waals surface area contributed by atoms with E-state index in [2.05, 4.69) is 4.52 Å². The van der Waals surface area contributed by atoms with Crippen molar-refractivity contribution in [3.05, 3.63) is 11.5 Å². The van der Waals surface area contributed by atoms with E-state index in [1.54, 1.807) is 5.41 Å². The van der Waals surface area contributed by atoms with Gasteiger partial charge in [0.15, 0.2) is 11.4 Å².